The van der Waals surface area contributed by atoms with Crippen molar-refractivity contribution in [3.63, 3.8) is 0 Å². The number of aryl methyl sites for hydroxylation is 1. The lowest BCUT2D eigenvalue weighted by molar-refractivity contribution is -0.143. The highest BCUT2D eigenvalue weighted by Crippen LogP contribution is 2.36. The Kier molecular flexibility index (Phi) is 2.12. The average molecular weight is 256 g/mol. The highest BCUT2D eigenvalue weighted by atomic mass is 79.9. The van der Waals surface area contributed by atoms with Crippen molar-refractivity contribution in [3.05, 3.63) is 33.8 Å². The summed E-state index contributed by atoms with van der Waals surface area (Å²) in [7, 11) is 0. The number of carboxylic acid groups (broad SMARTS) is 1. The first kappa shape index (κ1) is 9.68. The monoisotopic (exact) mass is 255 g/mol. The SMILES string of the molecule is NC1(C(=O)O)CCc2cc(Br)ccc21. The van der Waals surface area contributed by atoms with Gasteiger partial charge in [0.1, 0.15) is 5.54 Å². The molecule has 0 amide bonds. The number of hydrogen-bond donors (Lipinski definition) is 2. The summed E-state index contributed by atoms with van der Waals surface area (Å²) >= 11 is 3.35. The molecule has 4 heteroatoms. The number of rotatable bonds is 1. The molecule has 2 rings (SSSR count). The van der Waals surface area contributed by atoms with Crippen LogP contribution in [0.4, 0.5) is 0 Å². The van der Waals surface area contributed by atoms with Gasteiger partial charge < -0.3 is 10.8 Å². The summed E-state index contributed by atoms with van der Waals surface area (Å²) in [6.07, 6.45) is 1.21. The normalized spacial score (nSPS) is 24.7. The minimum Gasteiger partial charge on any atom is -0.480 e. The molecule has 1 aromatic rings. The molecule has 1 aliphatic rings. The van der Waals surface area contributed by atoms with E-state index in [1.807, 2.05) is 12.1 Å². The Morgan fingerprint density at radius 1 is 1.57 bits per heavy atom. The second-order valence-corrected chi connectivity index (χ2v) is 4.49. The van der Waals surface area contributed by atoms with E-state index in [1.54, 1.807) is 6.07 Å². The summed E-state index contributed by atoms with van der Waals surface area (Å²) in [4.78, 5) is 11.0. The first-order valence-corrected chi connectivity index (χ1v) is 5.14. The molecule has 1 atom stereocenters. The van der Waals surface area contributed by atoms with E-state index in [2.05, 4.69) is 15.9 Å². The van der Waals surface area contributed by atoms with Gasteiger partial charge in [0.15, 0.2) is 0 Å². The molecular formula is C10H10BrNO2. The van der Waals surface area contributed by atoms with Crippen LogP contribution in [0.5, 0.6) is 0 Å². The van der Waals surface area contributed by atoms with Crippen molar-refractivity contribution in [1.29, 1.82) is 0 Å². The van der Waals surface area contributed by atoms with Crippen LogP contribution in [0.2, 0.25) is 0 Å². The van der Waals surface area contributed by atoms with Crippen molar-refractivity contribution >= 4 is 21.9 Å². The molecular weight excluding hydrogens is 246 g/mol. The van der Waals surface area contributed by atoms with Gasteiger partial charge in [-0.15, -0.1) is 0 Å². The van der Waals surface area contributed by atoms with Crippen molar-refractivity contribution < 1.29 is 9.90 Å². The molecule has 0 fully saturated rings. The predicted molar refractivity (Wildman–Crippen MR) is 56.0 cm³/mol. The second-order valence-electron chi connectivity index (χ2n) is 3.58. The fourth-order valence-electron chi connectivity index (χ4n) is 1.89. The van der Waals surface area contributed by atoms with E-state index in [0.717, 1.165) is 22.0 Å². The first-order valence-electron chi connectivity index (χ1n) is 4.35. The molecule has 1 aliphatic carbocycles. The third kappa shape index (κ3) is 1.26. The van der Waals surface area contributed by atoms with Gasteiger partial charge in [-0.2, -0.15) is 0 Å². The average Bonchev–Trinajstić information content (AvgIpc) is 2.45. The largest absolute Gasteiger partial charge is 0.480 e. The summed E-state index contributed by atoms with van der Waals surface area (Å²) in [5.41, 5.74) is 6.44. The molecule has 0 saturated carbocycles. The van der Waals surface area contributed by atoms with E-state index >= 15 is 0 Å². The number of aliphatic carboxylic acids is 1. The topological polar surface area (TPSA) is 63.3 Å². The highest BCUT2D eigenvalue weighted by Gasteiger charge is 2.41. The lowest BCUT2D eigenvalue weighted by Crippen LogP contribution is -2.42. The van der Waals surface area contributed by atoms with Gasteiger partial charge in [-0.05, 0) is 36.1 Å². The minimum atomic E-state index is -1.18. The van der Waals surface area contributed by atoms with Gasteiger partial charge in [0.25, 0.3) is 0 Å². The molecule has 1 aromatic carbocycles. The summed E-state index contributed by atoms with van der Waals surface area (Å²) in [5, 5.41) is 9.05. The third-order valence-corrected chi connectivity index (χ3v) is 3.21. The zero-order valence-corrected chi connectivity index (χ0v) is 9.04. The van der Waals surface area contributed by atoms with Crippen LogP contribution in [0.3, 0.4) is 0 Å². The zero-order chi connectivity index (χ0) is 10.3. The molecule has 0 radical (unpaired) electrons. The number of halogens is 1. The van der Waals surface area contributed by atoms with Crippen LogP contribution >= 0.6 is 15.9 Å². The van der Waals surface area contributed by atoms with Crippen LogP contribution in [-0.4, -0.2) is 11.1 Å². The standard InChI is InChI=1S/C10H10BrNO2/c11-7-1-2-8-6(5-7)3-4-10(8,12)9(13)14/h1-2,5H,3-4,12H2,(H,13,14). The number of carboxylic acids is 1. The number of carbonyl (C=O) groups is 1. The fourth-order valence-corrected chi connectivity index (χ4v) is 2.30. The van der Waals surface area contributed by atoms with Gasteiger partial charge in [-0.3, -0.25) is 0 Å². The van der Waals surface area contributed by atoms with E-state index < -0.39 is 11.5 Å². The minimum absolute atomic E-state index is 0.480. The summed E-state index contributed by atoms with van der Waals surface area (Å²) in [5.74, 6) is -0.946. The first-order chi connectivity index (χ1) is 6.54. The van der Waals surface area contributed by atoms with E-state index in [0.29, 0.717) is 6.42 Å². The molecule has 3 N–H and O–H groups in total. The molecule has 0 aromatic heterocycles. The van der Waals surface area contributed by atoms with Gasteiger partial charge in [0.05, 0.1) is 0 Å². The molecule has 0 saturated heterocycles. The van der Waals surface area contributed by atoms with Crippen molar-refractivity contribution in [1.82, 2.24) is 0 Å². The van der Waals surface area contributed by atoms with E-state index in [4.69, 9.17) is 10.8 Å². The van der Waals surface area contributed by atoms with E-state index in [-0.39, 0.29) is 0 Å². The Morgan fingerprint density at radius 2 is 2.29 bits per heavy atom. The van der Waals surface area contributed by atoms with E-state index in [9.17, 15) is 4.79 Å². The third-order valence-electron chi connectivity index (χ3n) is 2.72. The predicted octanol–water partition coefficient (Wildman–Crippen LogP) is 1.63. The lowest BCUT2D eigenvalue weighted by Gasteiger charge is -2.19. The van der Waals surface area contributed by atoms with Gasteiger partial charge >= 0.3 is 5.97 Å². The summed E-state index contributed by atoms with van der Waals surface area (Å²) in [6, 6.07) is 5.56. The Labute approximate surface area is 90.0 Å². The van der Waals surface area contributed by atoms with Crippen LogP contribution < -0.4 is 5.73 Å². The molecule has 1 unspecified atom stereocenters. The Bertz CT molecular complexity index is 405. The van der Waals surface area contributed by atoms with Crippen molar-refractivity contribution in [2.75, 3.05) is 0 Å². The molecule has 0 spiro atoms. The van der Waals surface area contributed by atoms with Gasteiger partial charge in [0, 0.05) is 4.47 Å². The maximum Gasteiger partial charge on any atom is 0.328 e. The second kappa shape index (κ2) is 3.07. The van der Waals surface area contributed by atoms with Crippen LogP contribution in [0, 0.1) is 0 Å². The van der Waals surface area contributed by atoms with Gasteiger partial charge in [0.2, 0.25) is 0 Å². The molecule has 3 nitrogen and oxygen atoms in total. The van der Waals surface area contributed by atoms with Crippen molar-refractivity contribution in [3.8, 4) is 0 Å². The maximum absolute atomic E-state index is 11.0. The van der Waals surface area contributed by atoms with Crippen molar-refractivity contribution in [2.24, 2.45) is 5.73 Å². The van der Waals surface area contributed by atoms with Gasteiger partial charge in [-0.25, -0.2) is 4.79 Å². The van der Waals surface area contributed by atoms with Gasteiger partial charge in [-0.1, -0.05) is 22.0 Å². The summed E-state index contributed by atoms with van der Waals surface area (Å²) < 4.78 is 0.964. The molecule has 74 valence electrons. The number of hydrogen-bond acceptors (Lipinski definition) is 2. The van der Waals surface area contributed by atoms with Crippen LogP contribution in [0.1, 0.15) is 17.5 Å². The Balaban J connectivity index is 2.55. The Hall–Kier alpha value is -0.870. The summed E-state index contributed by atoms with van der Waals surface area (Å²) in [6.45, 7) is 0. The molecule has 0 bridgehead atoms. The number of benzene rings is 1. The van der Waals surface area contributed by atoms with Crippen LogP contribution in [-0.2, 0) is 16.8 Å². The number of fused-ring (bicyclic) bond motifs is 1. The van der Waals surface area contributed by atoms with Crippen LogP contribution in [0.15, 0.2) is 22.7 Å². The van der Waals surface area contributed by atoms with E-state index in [1.165, 1.54) is 0 Å². The smallest absolute Gasteiger partial charge is 0.328 e. The molecule has 0 heterocycles. The molecule has 0 aliphatic heterocycles. The molecule has 14 heavy (non-hydrogen) atoms. The fraction of sp³-hybridized carbons (Fsp3) is 0.300. The quantitative estimate of drug-likeness (QED) is 0.802. The maximum atomic E-state index is 11.0. The lowest BCUT2D eigenvalue weighted by atomic mass is 9.93. The van der Waals surface area contributed by atoms with Crippen molar-refractivity contribution in [2.45, 2.75) is 18.4 Å². The Morgan fingerprint density at radius 3 is 2.93 bits per heavy atom. The number of nitrogens with two attached hydrogens (primary N) is 1. The van der Waals surface area contributed by atoms with Crippen LogP contribution in [0.25, 0.3) is 0 Å². The highest BCUT2D eigenvalue weighted by molar-refractivity contribution is 9.10. The zero-order valence-electron chi connectivity index (χ0n) is 7.46.